The molecular formula is C11H23NO2S. The van der Waals surface area contributed by atoms with Crippen LogP contribution in [0.15, 0.2) is 11.6 Å². The lowest BCUT2D eigenvalue weighted by molar-refractivity contribution is 0.557. The van der Waals surface area contributed by atoms with Crippen LogP contribution in [-0.2, 0) is 9.84 Å². The fourth-order valence-corrected chi connectivity index (χ4v) is 1.92. The van der Waals surface area contributed by atoms with E-state index in [1.165, 1.54) is 5.57 Å². The Bertz CT molecular complexity index is 306. The lowest BCUT2D eigenvalue weighted by Gasteiger charge is -2.18. The largest absolute Gasteiger partial charge is 0.312 e. The van der Waals surface area contributed by atoms with Crippen LogP contribution in [0.25, 0.3) is 0 Å². The first-order valence-corrected chi connectivity index (χ1v) is 6.88. The van der Waals surface area contributed by atoms with Crippen molar-refractivity contribution in [3.8, 4) is 0 Å². The van der Waals surface area contributed by atoms with Crippen molar-refractivity contribution in [2.45, 2.75) is 39.4 Å². The first-order chi connectivity index (χ1) is 6.67. The van der Waals surface area contributed by atoms with Crippen molar-refractivity contribution >= 4 is 9.84 Å². The highest BCUT2D eigenvalue weighted by atomic mass is 32.2. The molecule has 0 spiro atoms. The molecule has 0 aromatic carbocycles. The van der Waals surface area contributed by atoms with Crippen LogP contribution in [0.2, 0.25) is 0 Å². The molecule has 0 aliphatic carbocycles. The molecule has 0 atom stereocenters. The van der Waals surface area contributed by atoms with Crippen LogP contribution in [0, 0.1) is 0 Å². The lowest BCUT2D eigenvalue weighted by atomic mass is 10.3. The molecule has 0 saturated carbocycles. The average Bonchev–Trinajstić information content (AvgIpc) is 2.00. The molecule has 0 saturated heterocycles. The van der Waals surface area contributed by atoms with E-state index in [2.05, 4.69) is 5.32 Å². The lowest BCUT2D eigenvalue weighted by Crippen LogP contribution is -2.34. The van der Waals surface area contributed by atoms with E-state index < -0.39 is 14.6 Å². The Kier molecular flexibility index (Phi) is 5.53. The zero-order chi connectivity index (χ0) is 12.1. The van der Waals surface area contributed by atoms with Gasteiger partial charge in [0.1, 0.15) is 0 Å². The van der Waals surface area contributed by atoms with E-state index in [1.54, 1.807) is 20.8 Å². The van der Waals surface area contributed by atoms with E-state index in [4.69, 9.17) is 0 Å². The standard InChI is InChI=1S/C11H23NO2S/c1-10(2)6-7-12-8-9-15(13,14)11(3,4)5/h6,12H,7-9H2,1-5H3. The molecule has 0 radical (unpaired) electrons. The van der Waals surface area contributed by atoms with Crippen molar-refractivity contribution in [3.05, 3.63) is 11.6 Å². The summed E-state index contributed by atoms with van der Waals surface area (Å²) in [4.78, 5) is 0. The van der Waals surface area contributed by atoms with Gasteiger partial charge in [-0.1, -0.05) is 11.6 Å². The second-order valence-corrected chi connectivity index (χ2v) is 7.78. The fourth-order valence-electron chi connectivity index (χ4n) is 0.891. The van der Waals surface area contributed by atoms with Gasteiger partial charge in [0, 0.05) is 13.1 Å². The van der Waals surface area contributed by atoms with E-state index in [1.807, 2.05) is 19.9 Å². The summed E-state index contributed by atoms with van der Waals surface area (Å²) in [5.41, 5.74) is 1.24. The van der Waals surface area contributed by atoms with Crippen LogP contribution >= 0.6 is 0 Å². The van der Waals surface area contributed by atoms with Crippen molar-refractivity contribution in [2.75, 3.05) is 18.8 Å². The molecule has 0 heterocycles. The van der Waals surface area contributed by atoms with E-state index in [-0.39, 0.29) is 5.75 Å². The molecule has 0 fully saturated rings. The number of allylic oxidation sites excluding steroid dienone is 1. The maximum Gasteiger partial charge on any atom is 0.156 e. The van der Waals surface area contributed by atoms with Crippen LogP contribution in [0.1, 0.15) is 34.6 Å². The Labute approximate surface area is 93.9 Å². The molecule has 0 amide bonds. The van der Waals surface area contributed by atoms with Gasteiger partial charge < -0.3 is 5.32 Å². The summed E-state index contributed by atoms with van der Waals surface area (Å²) in [5, 5.41) is 3.09. The van der Waals surface area contributed by atoms with Gasteiger partial charge >= 0.3 is 0 Å². The Morgan fingerprint density at radius 3 is 2.20 bits per heavy atom. The van der Waals surface area contributed by atoms with Crippen molar-refractivity contribution in [1.29, 1.82) is 0 Å². The van der Waals surface area contributed by atoms with Crippen molar-refractivity contribution < 1.29 is 8.42 Å². The zero-order valence-corrected chi connectivity index (χ0v) is 11.2. The Morgan fingerprint density at radius 2 is 1.80 bits per heavy atom. The number of hydrogen-bond donors (Lipinski definition) is 1. The van der Waals surface area contributed by atoms with Crippen LogP contribution < -0.4 is 5.32 Å². The average molecular weight is 233 g/mol. The molecular weight excluding hydrogens is 210 g/mol. The predicted octanol–water partition coefficient (Wildman–Crippen LogP) is 1.76. The summed E-state index contributed by atoms with van der Waals surface area (Å²) >= 11 is 0. The van der Waals surface area contributed by atoms with Crippen LogP contribution in [0.3, 0.4) is 0 Å². The van der Waals surface area contributed by atoms with Gasteiger partial charge in [-0.05, 0) is 34.6 Å². The first-order valence-electron chi connectivity index (χ1n) is 5.23. The number of rotatable bonds is 5. The summed E-state index contributed by atoms with van der Waals surface area (Å²) in [6.45, 7) is 10.5. The summed E-state index contributed by atoms with van der Waals surface area (Å²) in [6.07, 6.45) is 2.05. The van der Waals surface area contributed by atoms with E-state index in [9.17, 15) is 8.42 Å². The minimum absolute atomic E-state index is 0.201. The monoisotopic (exact) mass is 233 g/mol. The van der Waals surface area contributed by atoms with E-state index in [0.717, 1.165) is 6.54 Å². The fraction of sp³-hybridized carbons (Fsp3) is 0.818. The third-order valence-corrected chi connectivity index (χ3v) is 4.74. The molecule has 90 valence electrons. The van der Waals surface area contributed by atoms with Gasteiger partial charge in [-0.15, -0.1) is 0 Å². The molecule has 0 bridgehead atoms. The van der Waals surface area contributed by atoms with Gasteiger partial charge in [-0.3, -0.25) is 0 Å². The maximum absolute atomic E-state index is 11.7. The van der Waals surface area contributed by atoms with Gasteiger partial charge in [0.05, 0.1) is 10.5 Å². The quantitative estimate of drug-likeness (QED) is 0.581. The highest BCUT2D eigenvalue weighted by Crippen LogP contribution is 2.14. The topological polar surface area (TPSA) is 46.2 Å². The molecule has 0 aromatic rings. The number of sulfone groups is 1. The molecule has 0 aliphatic heterocycles. The van der Waals surface area contributed by atoms with Gasteiger partial charge in [0.2, 0.25) is 0 Å². The highest BCUT2D eigenvalue weighted by molar-refractivity contribution is 7.92. The molecule has 1 N–H and O–H groups in total. The molecule has 0 aromatic heterocycles. The van der Waals surface area contributed by atoms with Crippen molar-refractivity contribution in [3.63, 3.8) is 0 Å². The third kappa shape index (κ3) is 5.95. The zero-order valence-electron chi connectivity index (χ0n) is 10.4. The summed E-state index contributed by atoms with van der Waals surface area (Å²) < 4.78 is 22.7. The van der Waals surface area contributed by atoms with Crippen molar-refractivity contribution in [1.82, 2.24) is 5.32 Å². The normalized spacial score (nSPS) is 12.6. The predicted molar refractivity (Wildman–Crippen MR) is 65.8 cm³/mol. The highest BCUT2D eigenvalue weighted by Gasteiger charge is 2.27. The molecule has 0 unspecified atom stereocenters. The van der Waals surface area contributed by atoms with Gasteiger partial charge in [0.15, 0.2) is 9.84 Å². The molecule has 4 heteroatoms. The third-order valence-electron chi connectivity index (χ3n) is 2.14. The smallest absolute Gasteiger partial charge is 0.156 e. The number of nitrogens with one attached hydrogen (secondary N) is 1. The Hall–Kier alpha value is -0.350. The minimum Gasteiger partial charge on any atom is -0.312 e. The van der Waals surface area contributed by atoms with E-state index in [0.29, 0.717) is 6.54 Å². The molecule has 0 aliphatic rings. The molecule has 0 rings (SSSR count). The second-order valence-electron chi connectivity index (χ2n) is 4.92. The van der Waals surface area contributed by atoms with Gasteiger partial charge in [-0.25, -0.2) is 8.42 Å². The molecule has 15 heavy (non-hydrogen) atoms. The number of hydrogen-bond acceptors (Lipinski definition) is 3. The Morgan fingerprint density at radius 1 is 1.27 bits per heavy atom. The maximum atomic E-state index is 11.7. The van der Waals surface area contributed by atoms with Crippen molar-refractivity contribution in [2.24, 2.45) is 0 Å². The van der Waals surface area contributed by atoms with E-state index >= 15 is 0 Å². The van der Waals surface area contributed by atoms with Crippen LogP contribution in [0.5, 0.6) is 0 Å². The minimum atomic E-state index is -2.98. The summed E-state index contributed by atoms with van der Waals surface area (Å²) in [6, 6.07) is 0. The van der Waals surface area contributed by atoms with Gasteiger partial charge in [-0.2, -0.15) is 0 Å². The Balaban J connectivity index is 3.94. The van der Waals surface area contributed by atoms with Crippen LogP contribution in [0.4, 0.5) is 0 Å². The van der Waals surface area contributed by atoms with Gasteiger partial charge in [0.25, 0.3) is 0 Å². The molecule has 3 nitrogen and oxygen atoms in total. The summed E-state index contributed by atoms with van der Waals surface area (Å²) in [5.74, 6) is 0.201. The SMILES string of the molecule is CC(C)=CCNCCS(=O)(=O)C(C)(C)C. The van der Waals surface area contributed by atoms with Crippen LogP contribution in [-0.4, -0.2) is 32.0 Å². The first kappa shape index (κ1) is 14.6. The summed E-state index contributed by atoms with van der Waals surface area (Å²) in [7, 11) is -2.98. The second kappa shape index (κ2) is 5.66.